The van der Waals surface area contributed by atoms with Gasteiger partial charge in [-0.2, -0.15) is 0 Å². The topological polar surface area (TPSA) is 95.9 Å². The molecular formula is C72H137NO5. The summed E-state index contributed by atoms with van der Waals surface area (Å²) < 4.78 is 5.48. The van der Waals surface area contributed by atoms with E-state index in [0.29, 0.717) is 19.4 Å². The van der Waals surface area contributed by atoms with E-state index in [-0.39, 0.29) is 18.5 Å². The van der Waals surface area contributed by atoms with Gasteiger partial charge in [-0.25, -0.2) is 0 Å². The van der Waals surface area contributed by atoms with Crippen LogP contribution in [0.5, 0.6) is 0 Å². The first kappa shape index (κ1) is 76.1. The predicted molar refractivity (Wildman–Crippen MR) is 343 cm³/mol. The van der Waals surface area contributed by atoms with Crippen molar-refractivity contribution in [2.45, 2.75) is 398 Å². The van der Waals surface area contributed by atoms with E-state index in [1.165, 1.54) is 308 Å². The molecule has 2 unspecified atom stereocenters. The lowest BCUT2D eigenvalue weighted by Gasteiger charge is -2.20. The molecule has 0 radical (unpaired) electrons. The third-order valence-corrected chi connectivity index (χ3v) is 16.4. The third-order valence-electron chi connectivity index (χ3n) is 16.4. The lowest BCUT2D eigenvalue weighted by Crippen LogP contribution is -2.45. The van der Waals surface area contributed by atoms with Crippen LogP contribution in [0.4, 0.5) is 0 Å². The molecule has 0 rings (SSSR count). The SMILES string of the molecule is CCCC/C=C\C/C=C\CCCCCCCC(=O)OCCCCCCCCCCCCCCCCCCCCCCCCCCCCCCCC(=O)NC(CO)C(O)/C=C/CCCCCCCCCCCCCCCCCC. The van der Waals surface area contributed by atoms with Crippen molar-refractivity contribution in [1.82, 2.24) is 5.32 Å². The van der Waals surface area contributed by atoms with E-state index in [0.717, 1.165) is 51.4 Å². The highest BCUT2D eigenvalue weighted by atomic mass is 16.5. The van der Waals surface area contributed by atoms with Crippen LogP contribution in [0.2, 0.25) is 0 Å². The van der Waals surface area contributed by atoms with Gasteiger partial charge in [0.05, 0.1) is 25.4 Å². The number of ether oxygens (including phenoxy) is 1. The monoisotopic (exact) mass is 1100 g/mol. The van der Waals surface area contributed by atoms with Gasteiger partial charge in [-0.15, -0.1) is 0 Å². The minimum atomic E-state index is -0.843. The molecule has 0 aromatic carbocycles. The second kappa shape index (κ2) is 67.6. The number of rotatable bonds is 66. The fourth-order valence-electron chi connectivity index (χ4n) is 11.0. The lowest BCUT2D eigenvalue weighted by molar-refractivity contribution is -0.143. The molecule has 0 aromatic heterocycles. The van der Waals surface area contributed by atoms with E-state index < -0.39 is 12.1 Å². The number of hydrogen-bond acceptors (Lipinski definition) is 5. The molecule has 3 N–H and O–H groups in total. The van der Waals surface area contributed by atoms with Crippen molar-refractivity contribution in [1.29, 1.82) is 0 Å². The molecular weight excluding hydrogens is 959 g/mol. The maximum atomic E-state index is 12.5. The van der Waals surface area contributed by atoms with Crippen molar-refractivity contribution in [2.24, 2.45) is 0 Å². The molecule has 2 atom stereocenters. The molecule has 78 heavy (non-hydrogen) atoms. The third kappa shape index (κ3) is 63.3. The summed E-state index contributed by atoms with van der Waals surface area (Å²) in [6, 6.07) is -0.626. The number of nitrogens with one attached hydrogen (secondary N) is 1. The van der Waals surface area contributed by atoms with Crippen LogP contribution in [0.1, 0.15) is 386 Å². The maximum absolute atomic E-state index is 12.5. The zero-order valence-corrected chi connectivity index (χ0v) is 52.7. The van der Waals surface area contributed by atoms with Crippen molar-refractivity contribution in [3.63, 3.8) is 0 Å². The van der Waals surface area contributed by atoms with Crippen LogP contribution in [-0.4, -0.2) is 47.4 Å². The highest BCUT2D eigenvalue weighted by Gasteiger charge is 2.18. The van der Waals surface area contributed by atoms with Gasteiger partial charge in [0.15, 0.2) is 0 Å². The summed E-state index contributed by atoms with van der Waals surface area (Å²) in [6.45, 7) is 4.89. The zero-order valence-electron chi connectivity index (χ0n) is 52.7. The molecule has 6 heteroatoms. The van der Waals surface area contributed by atoms with E-state index in [1.54, 1.807) is 6.08 Å². The fraction of sp³-hybridized carbons (Fsp3) is 0.889. The normalized spacial score (nSPS) is 12.7. The largest absolute Gasteiger partial charge is 0.466 e. The standard InChI is InChI=1S/C72H137NO5/c1-3-5-7-9-11-13-15-17-19-20-34-37-40-44-48-52-56-60-64-70(75)69(68-74)73-71(76)65-61-57-53-49-45-41-38-35-32-30-28-26-24-22-21-23-25-27-29-31-33-36-39-43-47-51-55-59-63-67-78-72(77)66-62-58-54-50-46-42-18-16-14-12-10-8-6-4-2/h10,12,16,18,60,64,69-70,74-75H,3-9,11,13-15,17,19-59,61-63,65-68H2,1-2H3,(H,73,76)/b12-10-,18-16-,64-60+. The van der Waals surface area contributed by atoms with Gasteiger partial charge in [0.1, 0.15) is 0 Å². The molecule has 0 aliphatic carbocycles. The van der Waals surface area contributed by atoms with E-state index in [4.69, 9.17) is 4.74 Å². The van der Waals surface area contributed by atoms with Crippen molar-refractivity contribution in [2.75, 3.05) is 13.2 Å². The Balaban J connectivity index is 3.36. The second-order valence-electron chi connectivity index (χ2n) is 24.2. The number of aliphatic hydroxyl groups excluding tert-OH is 2. The van der Waals surface area contributed by atoms with Crippen molar-refractivity contribution in [3.05, 3.63) is 36.5 Å². The van der Waals surface area contributed by atoms with Gasteiger partial charge < -0.3 is 20.3 Å². The van der Waals surface area contributed by atoms with Gasteiger partial charge in [-0.05, 0) is 57.8 Å². The van der Waals surface area contributed by atoms with Gasteiger partial charge in [0.25, 0.3) is 0 Å². The Morgan fingerprint density at radius 1 is 0.359 bits per heavy atom. The Kier molecular flexibility index (Phi) is 65.9. The molecule has 0 aromatic rings. The number of unbranched alkanes of at least 4 members (excludes halogenated alkanes) is 51. The van der Waals surface area contributed by atoms with Gasteiger partial charge in [-0.1, -0.05) is 352 Å². The van der Waals surface area contributed by atoms with Gasteiger partial charge >= 0.3 is 5.97 Å². The molecule has 0 aliphatic heterocycles. The van der Waals surface area contributed by atoms with Crippen LogP contribution in [0.3, 0.4) is 0 Å². The summed E-state index contributed by atoms with van der Waals surface area (Å²) in [7, 11) is 0. The Morgan fingerprint density at radius 2 is 0.654 bits per heavy atom. The highest BCUT2D eigenvalue weighted by Crippen LogP contribution is 2.19. The average molecular weight is 1100 g/mol. The lowest BCUT2D eigenvalue weighted by atomic mass is 10.0. The number of aliphatic hydroxyl groups is 2. The molecule has 6 nitrogen and oxygen atoms in total. The quantitative estimate of drug-likeness (QED) is 0.0320. The van der Waals surface area contributed by atoms with Crippen molar-refractivity contribution in [3.8, 4) is 0 Å². The van der Waals surface area contributed by atoms with Crippen molar-refractivity contribution < 1.29 is 24.5 Å². The zero-order chi connectivity index (χ0) is 56.4. The molecule has 0 fully saturated rings. The molecule has 460 valence electrons. The van der Waals surface area contributed by atoms with E-state index in [9.17, 15) is 19.8 Å². The number of carbonyl (C=O) groups is 2. The number of esters is 1. The van der Waals surface area contributed by atoms with Crippen LogP contribution in [0.25, 0.3) is 0 Å². The van der Waals surface area contributed by atoms with Crippen LogP contribution in [-0.2, 0) is 14.3 Å². The summed E-state index contributed by atoms with van der Waals surface area (Å²) >= 11 is 0. The van der Waals surface area contributed by atoms with E-state index in [2.05, 4.69) is 43.5 Å². The Labute approximate surface area is 487 Å². The van der Waals surface area contributed by atoms with Crippen LogP contribution in [0.15, 0.2) is 36.5 Å². The number of allylic oxidation sites excluding steroid dienone is 5. The van der Waals surface area contributed by atoms with Gasteiger partial charge in [0, 0.05) is 12.8 Å². The number of amides is 1. The first-order chi connectivity index (χ1) is 38.5. The first-order valence-electron chi connectivity index (χ1n) is 35.3. The predicted octanol–water partition coefficient (Wildman–Crippen LogP) is 22.7. The second-order valence-corrected chi connectivity index (χ2v) is 24.2. The fourth-order valence-corrected chi connectivity index (χ4v) is 11.0. The van der Waals surface area contributed by atoms with E-state index in [1.807, 2.05) is 6.08 Å². The van der Waals surface area contributed by atoms with Gasteiger partial charge in [-0.3, -0.25) is 9.59 Å². The molecule has 1 amide bonds. The minimum Gasteiger partial charge on any atom is -0.466 e. The summed E-state index contributed by atoms with van der Waals surface area (Å²) in [5, 5.41) is 23.2. The molecule has 0 saturated carbocycles. The Bertz CT molecular complexity index is 1260. The van der Waals surface area contributed by atoms with Crippen LogP contribution < -0.4 is 5.32 Å². The van der Waals surface area contributed by atoms with Crippen LogP contribution >= 0.6 is 0 Å². The highest BCUT2D eigenvalue weighted by molar-refractivity contribution is 5.76. The Morgan fingerprint density at radius 3 is 1.01 bits per heavy atom. The average Bonchev–Trinajstić information content (AvgIpc) is 3.44. The Hall–Kier alpha value is -1.92. The first-order valence-corrected chi connectivity index (χ1v) is 35.3. The van der Waals surface area contributed by atoms with Gasteiger partial charge in [0.2, 0.25) is 5.91 Å². The summed E-state index contributed by atoms with van der Waals surface area (Å²) in [4.78, 5) is 24.6. The molecule has 0 aliphatic rings. The molecule has 0 bridgehead atoms. The maximum Gasteiger partial charge on any atom is 0.305 e. The summed E-state index contributed by atoms with van der Waals surface area (Å²) in [6.07, 6.45) is 86.5. The molecule has 0 spiro atoms. The minimum absolute atomic E-state index is 0.00479. The van der Waals surface area contributed by atoms with E-state index >= 15 is 0 Å². The summed E-state index contributed by atoms with van der Waals surface area (Å²) in [5.74, 6) is -0.0566. The number of carbonyl (C=O) groups excluding carboxylic acids is 2. The summed E-state index contributed by atoms with van der Waals surface area (Å²) in [5.41, 5.74) is 0. The molecule has 0 saturated heterocycles. The number of hydrogen-bond donors (Lipinski definition) is 3. The van der Waals surface area contributed by atoms with Crippen molar-refractivity contribution >= 4 is 11.9 Å². The van der Waals surface area contributed by atoms with Crippen LogP contribution in [0, 0.1) is 0 Å². The molecule has 0 heterocycles. The smallest absolute Gasteiger partial charge is 0.305 e.